The fourth-order valence-electron chi connectivity index (χ4n) is 0.304. The first-order valence-corrected chi connectivity index (χ1v) is 2.11. The lowest BCUT2D eigenvalue weighted by Gasteiger charge is -1.86. The van der Waals surface area contributed by atoms with Crippen molar-refractivity contribution < 1.29 is 4.74 Å². The molecule has 1 fully saturated rings. The van der Waals surface area contributed by atoms with Gasteiger partial charge in [0.15, 0.2) is 6.26 Å². The van der Waals surface area contributed by atoms with Gasteiger partial charge in [-0.15, -0.1) is 0 Å². The van der Waals surface area contributed by atoms with E-state index in [0.717, 1.165) is 0 Å². The van der Waals surface area contributed by atoms with Crippen LogP contribution in [0.4, 0.5) is 0 Å². The predicted octanol–water partition coefficient (Wildman–Crippen LogP) is 1.11. The van der Waals surface area contributed by atoms with Crippen molar-refractivity contribution in [3.8, 4) is 0 Å². The molecular weight excluding hydrogens is 76.1 g/mol. The second kappa shape index (κ2) is 1.33. The van der Waals surface area contributed by atoms with Gasteiger partial charge in [-0.3, -0.25) is 0 Å². The zero-order chi connectivity index (χ0) is 4.41. The van der Waals surface area contributed by atoms with Crippen LogP contribution in [0.5, 0.6) is 0 Å². The minimum Gasteiger partial charge on any atom is -0.487 e. The Morgan fingerprint density at radius 1 is 1.67 bits per heavy atom. The van der Waals surface area contributed by atoms with Crippen molar-refractivity contribution in [1.82, 2.24) is 0 Å². The summed E-state index contributed by atoms with van der Waals surface area (Å²) in [6, 6.07) is 0. The number of ether oxygens (including phenoxy) is 1. The van der Waals surface area contributed by atoms with Crippen molar-refractivity contribution in [3.63, 3.8) is 0 Å². The van der Waals surface area contributed by atoms with E-state index in [1.807, 2.05) is 0 Å². The molecule has 0 bridgehead atoms. The minimum absolute atomic E-state index is 0.475. The third-order valence-electron chi connectivity index (χ3n) is 0.774. The molecule has 6 heavy (non-hydrogen) atoms. The predicted molar refractivity (Wildman–Crippen MR) is 23.0 cm³/mol. The molecule has 1 aliphatic carbocycles. The van der Waals surface area contributed by atoms with E-state index in [0.29, 0.717) is 6.10 Å². The van der Waals surface area contributed by atoms with Gasteiger partial charge in [0.1, 0.15) is 0 Å². The molecule has 0 spiro atoms. The van der Waals surface area contributed by atoms with Crippen LogP contribution in [-0.2, 0) is 4.74 Å². The van der Waals surface area contributed by atoms with E-state index in [1.165, 1.54) is 12.8 Å². The molecule has 0 saturated heterocycles. The molecule has 0 aromatic carbocycles. The molecule has 0 N–H and O–H groups in total. The van der Waals surface area contributed by atoms with Crippen LogP contribution in [0, 0.1) is 6.26 Å². The maximum atomic E-state index is 4.79. The molecule has 1 aliphatic rings. The Morgan fingerprint density at radius 3 is 2.50 bits per heavy atom. The molecule has 1 radical (unpaired) electrons. The summed E-state index contributed by atoms with van der Waals surface area (Å²) >= 11 is 0. The summed E-state index contributed by atoms with van der Waals surface area (Å²) in [5.41, 5.74) is 0. The highest BCUT2D eigenvalue weighted by atomic mass is 16.5. The van der Waals surface area contributed by atoms with Gasteiger partial charge in [0.05, 0.1) is 6.10 Å². The van der Waals surface area contributed by atoms with E-state index in [9.17, 15) is 0 Å². The molecule has 0 aromatic rings. The largest absolute Gasteiger partial charge is 0.487 e. The second-order valence-corrected chi connectivity index (χ2v) is 1.46. The maximum absolute atomic E-state index is 4.79. The fraction of sp³-hybridized carbons (Fsp3) is 0.600. The smallest absolute Gasteiger partial charge is 0.153 e. The van der Waals surface area contributed by atoms with Crippen LogP contribution < -0.4 is 0 Å². The number of rotatable bonds is 2. The van der Waals surface area contributed by atoms with Gasteiger partial charge in [-0.05, 0) is 12.8 Å². The zero-order valence-electron chi connectivity index (χ0n) is 3.61. The normalized spacial score (nSPS) is 20.0. The van der Waals surface area contributed by atoms with Crippen LogP contribution in [0.25, 0.3) is 0 Å². The first-order chi connectivity index (χ1) is 2.93. The Morgan fingerprint density at radius 2 is 2.33 bits per heavy atom. The molecule has 0 aromatic heterocycles. The Hall–Kier alpha value is -0.460. The molecular formula is C5H7O. The fourth-order valence-corrected chi connectivity index (χ4v) is 0.304. The van der Waals surface area contributed by atoms with Crippen molar-refractivity contribution in [3.05, 3.63) is 12.8 Å². The van der Waals surface area contributed by atoms with E-state index in [1.54, 1.807) is 0 Å². The highest BCUT2D eigenvalue weighted by Crippen LogP contribution is 2.22. The molecule has 0 unspecified atom stereocenters. The molecule has 0 atom stereocenters. The lowest BCUT2D eigenvalue weighted by atomic mass is 10.8. The van der Waals surface area contributed by atoms with Crippen LogP contribution in [-0.4, -0.2) is 6.10 Å². The number of hydrogen-bond acceptors (Lipinski definition) is 1. The summed E-state index contributed by atoms with van der Waals surface area (Å²) in [4.78, 5) is 0. The van der Waals surface area contributed by atoms with Crippen LogP contribution >= 0.6 is 0 Å². The second-order valence-electron chi connectivity index (χ2n) is 1.46. The average molecular weight is 83.1 g/mol. The Labute approximate surface area is 37.6 Å². The lowest BCUT2D eigenvalue weighted by Crippen LogP contribution is -1.79. The number of hydrogen-bond donors (Lipinski definition) is 0. The third kappa shape index (κ3) is 0.744. The Balaban J connectivity index is 2.00. The van der Waals surface area contributed by atoms with Crippen molar-refractivity contribution >= 4 is 0 Å². The Kier molecular flexibility index (Phi) is 0.825. The monoisotopic (exact) mass is 83.0 g/mol. The standard InChI is InChI=1S/C5H7O/c1-2-6-5-3-4-5/h5H,1,3-4H2. The molecule has 1 rings (SSSR count). The summed E-state index contributed by atoms with van der Waals surface area (Å²) in [7, 11) is 0. The van der Waals surface area contributed by atoms with E-state index in [2.05, 4.69) is 12.8 Å². The highest BCUT2D eigenvalue weighted by Gasteiger charge is 2.21. The maximum Gasteiger partial charge on any atom is 0.153 e. The first kappa shape index (κ1) is 3.72. The lowest BCUT2D eigenvalue weighted by molar-refractivity contribution is 0.214. The Bertz CT molecular complexity index is 55.0. The molecule has 0 aliphatic heterocycles. The topological polar surface area (TPSA) is 9.23 Å². The zero-order valence-corrected chi connectivity index (χ0v) is 3.61. The van der Waals surface area contributed by atoms with Gasteiger partial charge in [0.2, 0.25) is 0 Å². The van der Waals surface area contributed by atoms with Gasteiger partial charge in [-0.2, -0.15) is 0 Å². The summed E-state index contributed by atoms with van der Waals surface area (Å²) in [5.74, 6) is 0. The molecule has 33 valence electrons. The van der Waals surface area contributed by atoms with Crippen LogP contribution in [0.3, 0.4) is 0 Å². The highest BCUT2D eigenvalue weighted by molar-refractivity contribution is 4.73. The third-order valence-corrected chi connectivity index (χ3v) is 0.774. The van der Waals surface area contributed by atoms with Crippen molar-refractivity contribution in [2.45, 2.75) is 18.9 Å². The van der Waals surface area contributed by atoms with E-state index in [4.69, 9.17) is 4.74 Å². The van der Waals surface area contributed by atoms with Crippen molar-refractivity contribution in [2.24, 2.45) is 0 Å². The summed E-state index contributed by atoms with van der Waals surface area (Å²) < 4.78 is 4.79. The van der Waals surface area contributed by atoms with Crippen LogP contribution in [0.2, 0.25) is 0 Å². The molecule has 0 amide bonds. The van der Waals surface area contributed by atoms with Crippen molar-refractivity contribution in [2.75, 3.05) is 0 Å². The first-order valence-electron chi connectivity index (χ1n) is 2.11. The van der Waals surface area contributed by atoms with E-state index in [-0.39, 0.29) is 0 Å². The van der Waals surface area contributed by atoms with Crippen LogP contribution in [0.15, 0.2) is 6.58 Å². The van der Waals surface area contributed by atoms with Gasteiger partial charge in [0, 0.05) is 0 Å². The summed E-state index contributed by atoms with van der Waals surface area (Å²) in [5, 5.41) is 0. The van der Waals surface area contributed by atoms with Crippen molar-refractivity contribution in [1.29, 1.82) is 0 Å². The summed E-state index contributed by atoms with van der Waals surface area (Å²) in [6.07, 6.45) is 5.25. The molecule has 1 saturated carbocycles. The van der Waals surface area contributed by atoms with E-state index < -0.39 is 0 Å². The van der Waals surface area contributed by atoms with Crippen LogP contribution in [0.1, 0.15) is 12.8 Å². The SMILES string of the molecule is C=[C]OC1CC1. The molecule has 0 heterocycles. The molecule has 1 nitrogen and oxygen atoms in total. The molecule has 1 heteroatoms. The van der Waals surface area contributed by atoms with Gasteiger partial charge in [0.25, 0.3) is 0 Å². The minimum atomic E-state index is 0.475. The van der Waals surface area contributed by atoms with Gasteiger partial charge in [-0.25, -0.2) is 0 Å². The quantitative estimate of drug-likeness (QED) is 0.454. The van der Waals surface area contributed by atoms with Gasteiger partial charge >= 0.3 is 0 Å². The van der Waals surface area contributed by atoms with E-state index >= 15 is 0 Å². The van der Waals surface area contributed by atoms with Gasteiger partial charge in [-0.1, -0.05) is 6.58 Å². The van der Waals surface area contributed by atoms with Gasteiger partial charge < -0.3 is 4.74 Å². The average Bonchev–Trinajstić information content (AvgIpc) is 2.21. The summed E-state index contributed by atoms with van der Waals surface area (Å²) in [6.45, 7) is 3.29.